The van der Waals surface area contributed by atoms with Crippen LogP contribution >= 0.6 is 23.8 Å². The van der Waals surface area contributed by atoms with Crippen molar-refractivity contribution in [3.8, 4) is 0 Å². The fourth-order valence-electron chi connectivity index (χ4n) is 2.34. The number of aryl methyl sites for hydroxylation is 1. The largest absolute Gasteiger partial charge is 0.332 e. The number of hydrogen-bond donors (Lipinski definition) is 2. The first-order valence-corrected chi connectivity index (χ1v) is 8.82. The van der Waals surface area contributed by atoms with Crippen molar-refractivity contribution in [3.63, 3.8) is 0 Å². The first kappa shape index (κ1) is 18.3. The molecule has 0 fully saturated rings. The number of nitrogens with zero attached hydrogens (tertiary/aromatic N) is 3. The molecule has 0 saturated carbocycles. The SMILES string of the molecule is CCc1ccc(NC(=S)Nc2ncn(Cc3ccc(F)cc3Cl)n2)cc1. The summed E-state index contributed by atoms with van der Waals surface area (Å²) in [6, 6.07) is 12.3. The number of benzene rings is 2. The molecule has 134 valence electrons. The molecule has 0 bridgehead atoms. The maximum absolute atomic E-state index is 13.1. The summed E-state index contributed by atoms with van der Waals surface area (Å²) in [4.78, 5) is 4.16. The molecule has 1 aromatic heterocycles. The van der Waals surface area contributed by atoms with Crippen LogP contribution in [-0.2, 0) is 13.0 Å². The third kappa shape index (κ3) is 4.77. The van der Waals surface area contributed by atoms with Gasteiger partial charge in [-0.15, -0.1) is 5.10 Å². The van der Waals surface area contributed by atoms with E-state index in [1.54, 1.807) is 17.1 Å². The Morgan fingerprint density at radius 2 is 1.96 bits per heavy atom. The van der Waals surface area contributed by atoms with Crippen LogP contribution in [0.25, 0.3) is 0 Å². The van der Waals surface area contributed by atoms with Gasteiger partial charge in [-0.05, 0) is 54.0 Å². The second kappa shape index (κ2) is 8.25. The lowest BCUT2D eigenvalue weighted by Gasteiger charge is -2.08. The number of halogens is 2. The van der Waals surface area contributed by atoms with Crippen molar-refractivity contribution in [2.24, 2.45) is 0 Å². The minimum Gasteiger partial charge on any atom is -0.332 e. The molecule has 0 spiro atoms. The highest BCUT2D eigenvalue weighted by Crippen LogP contribution is 2.18. The Labute approximate surface area is 161 Å². The van der Waals surface area contributed by atoms with Gasteiger partial charge in [-0.25, -0.2) is 14.1 Å². The van der Waals surface area contributed by atoms with E-state index in [0.717, 1.165) is 17.7 Å². The highest BCUT2D eigenvalue weighted by Gasteiger charge is 2.07. The quantitative estimate of drug-likeness (QED) is 0.629. The fourth-order valence-corrected chi connectivity index (χ4v) is 2.78. The van der Waals surface area contributed by atoms with Crippen molar-refractivity contribution >= 4 is 40.6 Å². The lowest BCUT2D eigenvalue weighted by molar-refractivity contribution is 0.624. The molecule has 5 nitrogen and oxygen atoms in total. The molecule has 0 aliphatic carbocycles. The highest BCUT2D eigenvalue weighted by atomic mass is 35.5. The van der Waals surface area contributed by atoms with Crippen LogP contribution in [0.2, 0.25) is 5.02 Å². The molecule has 3 aromatic rings. The van der Waals surface area contributed by atoms with E-state index in [9.17, 15) is 4.39 Å². The van der Waals surface area contributed by atoms with Gasteiger partial charge in [0, 0.05) is 10.7 Å². The zero-order chi connectivity index (χ0) is 18.5. The van der Waals surface area contributed by atoms with Crippen LogP contribution in [0.4, 0.5) is 16.0 Å². The molecule has 0 atom stereocenters. The Morgan fingerprint density at radius 3 is 2.65 bits per heavy atom. The Hall–Kier alpha value is -2.51. The van der Waals surface area contributed by atoms with Gasteiger partial charge in [0.1, 0.15) is 12.1 Å². The number of aromatic nitrogens is 3. The van der Waals surface area contributed by atoms with E-state index in [4.69, 9.17) is 23.8 Å². The van der Waals surface area contributed by atoms with Crippen LogP contribution in [0.1, 0.15) is 18.1 Å². The second-order valence-corrected chi connectivity index (χ2v) is 6.45. The molecule has 2 aromatic carbocycles. The smallest absolute Gasteiger partial charge is 0.248 e. The van der Waals surface area contributed by atoms with E-state index < -0.39 is 0 Å². The van der Waals surface area contributed by atoms with Gasteiger partial charge in [0.15, 0.2) is 5.11 Å². The summed E-state index contributed by atoms with van der Waals surface area (Å²) in [6.07, 6.45) is 2.54. The average molecular weight is 390 g/mol. The van der Waals surface area contributed by atoms with Gasteiger partial charge in [-0.2, -0.15) is 0 Å². The molecule has 0 aliphatic heterocycles. The summed E-state index contributed by atoms with van der Waals surface area (Å²) >= 11 is 11.3. The third-order valence-corrected chi connectivity index (χ3v) is 4.29. The molecule has 0 amide bonds. The normalized spacial score (nSPS) is 10.6. The maximum atomic E-state index is 13.1. The average Bonchev–Trinajstić information content (AvgIpc) is 3.05. The Kier molecular flexibility index (Phi) is 5.80. The van der Waals surface area contributed by atoms with E-state index in [0.29, 0.717) is 22.6 Å². The molecular weight excluding hydrogens is 373 g/mol. The van der Waals surface area contributed by atoms with Crippen molar-refractivity contribution in [3.05, 3.63) is 70.8 Å². The molecule has 2 N–H and O–H groups in total. The zero-order valence-electron chi connectivity index (χ0n) is 14.0. The van der Waals surface area contributed by atoms with Gasteiger partial charge >= 0.3 is 0 Å². The first-order valence-electron chi connectivity index (χ1n) is 8.04. The molecular formula is C18H17ClFN5S. The zero-order valence-corrected chi connectivity index (χ0v) is 15.6. The fraction of sp³-hybridized carbons (Fsp3) is 0.167. The third-order valence-electron chi connectivity index (χ3n) is 3.73. The van der Waals surface area contributed by atoms with E-state index in [2.05, 4.69) is 27.6 Å². The molecule has 1 heterocycles. The lowest BCUT2D eigenvalue weighted by Crippen LogP contribution is -2.20. The van der Waals surface area contributed by atoms with E-state index in [-0.39, 0.29) is 5.82 Å². The van der Waals surface area contributed by atoms with Gasteiger partial charge < -0.3 is 5.32 Å². The van der Waals surface area contributed by atoms with Gasteiger partial charge in [-0.1, -0.05) is 36.7 Å². The minimum atomic E-state index is -0.372. The monoisotopic (exact) mass is 389 g/mol. The summed E-state index contributed by atoms with van der Waals surface area (Å²) < 4.78 is 14.7. The molecule has 0 aliphatic rings. The summed E-state index contributed by atoms with van der Waals surface area (Å²) in [5, 5.41) is 11.1. The minimum absolute atomic E-state index is 0.350. The van der Waals surface area contributed by atoms with Gasteiger partial charge in [0.25, 0.3) is 0 Å². The predicted octanol–water partition coefficient (Wildman–Crippen LogP) is 4.49. The number of rotatable bonds is 5. The van der Waals surface area contributed by atoms with E-state index in [1.165, 1.54) is 17.7 Å². The van der Waals surface area contributed by atoms with Crippen LogP contribution in [0.3, 0.4) is 0 Å². The maximum Gasteiger partial charge on any atom is 0.248 e. The predicted molar refractivity (Wildman–Crippen MR) is 106 cm³/mol. The summed E-state index contributed by atoms with van der Waals surface area (Å²) in [6.45, 7) is 2.49. The first-order chi connectivity index (χ1) is 12.5. The summed E-state index contributed by atoms with van der Waals surface area (Å²) in [5.74, 6) is -0.00555. The number of nitrogens with one attached hydrogen (secondary N) is 2. The van der Waals surface area contributed by atoms with Crippen molar-refractivity contribution in [2.75, 3.05) is 10.6 Å². The molecule has 0 radical (unpaired) electrons. The van der Waals surface area contributed by atoms with Crippen molar-refractivity contribution < 1.29 is 4.39 Å². The van der Waals surface area contributed by atoms with Gasteiger partial charge in [-0.3, -0.25) is 5.32 Å². The topological polar surface area (TPSA) is 54.8 Å². The molecule has 26 heavy (non-hydrogen) atoms. The van der Waals surface area contributed by atoms with Crippen LogP contribution < -0.4 is 10.6 Å². The van der Waals surface area contributed by atoms with Gasteiger partial charge in [0.05, 0.1) is 6.54 Å². The van der Waals surface area contributed by atoms with Crippen LogP contribution in [-0.4, -0.2) is 19.9 Å². The van der Waals surface area contributed by atoms with Crippen LogP contribution in [0.15, 0.2) is 48.8 Å². The Balaban J connectivity index is 1.59. The lowest BCUT2D eigenvalue weighted by atomic mass is 10.1. The van der Waals surface area contributed by atoms with E-state index >= 15 is 0 Å². The van der Waals surface area contributed by atoms with E-state index in [1.807, 2.05) is 24.3 Å². The van der Waals surface area contributed by atoms with Gasteiger partial charge in [0.2, 0.25) is 5.95 Å². The molecule has 8 heteroatoms. The molecule has 0 unspecified atom stereocenters. The molecule has 3 rings (SSSR count). The molecule has 0 saturated heterocycles. The van der Waals surface area contributed by atoms with Crippen molar-refractivity contribution in [1.29, 1.82) is 0 Å². The number of hydrogen-bond acceptors (Lipinski definition) is 3. The second-order valence-electron chi connectivity index (χ2n) is 5.63. The number of thiocarbonyl (C=S) groups is 1. The van der Waals surface area contributed by atoms with Crippen molar-refractivity contribution in [2.45, 2.75) is 19.9 Å². The number of anilines is 2. The summed E-state index contributed by atoms with van der Waals surface area (Å²) in [7, 11) is 0. The van der Waals surface area contributed by atoms with Crippen LogP contribution in [0.5, 0.6) is 0 Å². The Bertz CT molecular complexity index is 910. The Morgan fingerprint density at radius 1 is 1.19 bits per heavy atom. The highest BCUT2D eigenvalue weighted by molar-refractivity contribution is 7.80. The standard InChI is InChI=1S/C18H17ClFN5S/c1-2-12-3-7-15(8-4-12)22-18(26)23-17-21-11-25(24-17)10-13-5-6-14(20)9-16(13)19/h3-9,11H,2,10H2,1H3,(H2,22,23,24,26). The summed E-state index contributed by atoms with van der Waals surface area (Å²) in [5.41, 5.74) is 2.90. The van der Waals surface area contributed by atoms with Crippen LogP contribution in [0, 0.1) is 5.82 Å². The van der Waals surface area contributed by atoms with Crippen molar-refractivity contribution in [1.82, 2.24) is 14.8 Å².